The number of benzene rings is 1. The van der Waals surface area contributed by atoms with Crippen LogP contribution in [0.3, 0.4) is 0 Å². The van der Waals surface area contributed by atoms with Crippen molar-refractivity contribution in [3.63, 3.8) is 0 Å². The molecule has 0 radical (unpaired) electrons. The molecular formula is C15H19N5O2S. The number of carbonyl (C=O) groups is 2. The number of thioether (sulfide) groups is 1. The van der Waals surface area contributed by atoms with Crippen LogP contribution in [0.25, 0.3) is 11.4 Å². The summed E-state index contributed by atoms with van der Waals surface area (Å²) in [4.78, 5) is 23.1. The lowest BCUT2D eigenvalue weighted by Gasteiger charge is -2.12. The second-order valence-electron chi connectivity index (χ2n) is 4.74. The van der Waals surface area contributed by atoms with Gasteiger partial charge in [-0.3, -0.25) is 10.1 Å². The van der Waals surface area contributed by atoms with Crippen LogP contribution in [0.4, 0.5) is 4.79 Å². The van der Waals surface area contributed by atoms with Gasteiger partial charge in [0.05, 0.1) is 5.25 Å². The van der Waals surface area contributed by atoms with Crippen molar-refractivity contribution in [3.05, 3.63) is 30.3 Å². The van der Waals surface area contributed by atoms with Crippen LogP contribution in [0.15, 0.2) is 35.5 Å². The summed E-state index contributed by atoms with van der Waals surface area (Å²) in [6.07, 6.45) is 0. The molecule has 0 bridgehead atoms. The molecule has 3 amide bonds. The zero-order valence-corrected chi connectivity index (χ0v) is 14.1. The fourth-order valence-corrected chi connectivity index (χ4v) is 2.86. The van der Waals surface area contributed by atoms with Crippen LogP contribution in [-0.2, 0) is 11.3 Å². The minimum absolute atomic E-state index is 0.374. The second-order valence-corrected chi connectivity index (χ2v) is 6.05. The number of rotatable bonds is 5. The largest absolute Gasteiger partial charge is 0.341 e. The number of nitrogens with one attached hydrogen (secondary N) is 2. The molecule has 0 aliphatic carbocycles. The molecule has 7 nitrogen and oxygen atoms in total. The molecule has 1 atom stereocenters. The van der Waals surface area contributed by atoms with Crippen LogP contribution in [0.5, 0.6) is 0 Å². The molecule has 8 heteroatoms. The smallest absolute Gasteiger partial charge is 0.321 e. The van der Waals surface area contributed by atoms with E-state index in [4.69, 9.17) is 0 Å². The predicted octanol–water partition coefficient (Wildman–Crippen LogP) is 1.90. The Balaban J connectivity index is 2.16. The molecule has 23 heavy (non-hydrogen) atoms. The van der Waals surface area contributed by atoms with E-state index in [-0.39, 0.29) is 5.91 Å². The van der Waals surface area contributed by atoms with E-state index in [1.165, 1.54) is 18.8 Å². The van der Waals surface area contributed by atoms with Crippen molar-refractivity contribution in [1.82, 2.24) is 25.4 Å². The molecule has 0 unspecified atom stereocenters. The molecule has 122 valence electrons. The first-order valence-electron chi connectivity index (χ1n) is 7.24. The van der Waals surface area contributed by atoms with Gasteiger partial charge in [0.15, 0.2) is 11.0 Å². The normalized spacial score (nSPS) is 11.8. The van der Waals surface area contributed by atoms with Crippen molar-refractivity contribution >= 4 is 23.7 Å². The number of hydrogen-bond acceptors (Lipinski definition) is 5. The standard InChI is InChI=1S/C15H19N5O2S/c1-4-20-12(11-8-6-5-7-9-11)18-19-15(20)23-10(2)13(21)17-14(22)16-3/h5-10H,4H2,1-3H3,(H2,16,17,21,22)/t10-/m0/s1. The maximum atomic E-state index is 11.9. The summed E-state index contributed by atoms with van der Waals surface area (Å²) in [6, 6.07) is 9.23. The zero-order valence-electron chi connectivity index (χ0n) is 13.2. The molecule has 2 N–H and O–H groups in total. The lowest BCUT2D eigenvalue weighted by atomic mass is 10.2. The lowest BCUT2D eigenvalue weighted by Crippen LogP contribution is -2.41. The van der Waals surface area contributed by atoms with Crippen LogP contribution < -0.4 is 10.6 Å². The fraction of sp³-hybridized carbons (Fsp3) is 0.333. The van der Waals surface area contributed by atoms with Crippen molar-refractivity contribution in [2.24, 2.45) is 0 Å². The number of carbonyl (C=O) groups excluding carboxylic acids is 2. The van der Waals surface area contributed by atoms with Crippen molar-refractivity contribution in [2.45, 2.75) is 30.8 Å². The first-order valence-corrected chi connectivity index (χ1v) is 8.12. The van der Waals surface area contributed by atoms with Crippen molar-refractivity contribution < 1.29 is 9.59 Å². The van der Waals surface area contributed by atoms with Crippen LogP contribution in [0.1, 0.15) is 13.8 Å². The van der Waals surface area contributed by atoms with Gasteiger partial charge in [0.2, 0.25) is 5.91 Å². The molecule has 2 rings (SSSR count). The number of nitrogens with zero attached hydrogens (tertiary/aromatic N) is 3. The maximum absolute atomic E-state index is 11.9. The Hall–Kier alpha value is -2.35. The van der Waals surface area contributed by atoms with E-state index in [9.17, 15) is 9.59 Å². The van der Waals surface area contributed by atoms with Crippen molar-refractivity contribution in [1.29, 1.82) is 0 Å². The van der Waals surface area contributed by atoms with Crippen molar-refractivity contribution in [2.75, 3.05) is 7.05 Å². The topological polar surface area (TPSA) is 88.9 Å². The van der Waals surface area contributed by atoms with Crippen LogP contribution in [0, 0.1) is 0 Å². The van der Waals surface area contributed by atoms with Gasteiger partial charge in [-0.25, -0.2) is 4.79 Å². The Bertz CT molecular complexity index is 686. The predicted molar refractivity (Wildman–Crippen MR) is 89.0 cm³/mol. The van der Waals surface area contributed by atoms with Crippen LogP contribution in [0.2, 0.25) is 0 Å². The molecule has 1 aromatic heterocycles. The molecule has 0 aliphatic rings. The summed E-state index contributed by atoms with van der Waals surface area (Å²) in [5.74, 6) is 0.385. The third-order valence-electron chi connectivity index (χ3n) is 3.18. The molecule has 1 heterocycles. The van der Waals surface area contributed by atoms with E-state index in [1.54, 1.807) is 6.92 Å². The van der Waals surface area contributed by atoms with Gasteiger partial charge in [-0.2, -0.15) is 0 Å². The highest BCUT2D eigenvalue weighted by Gasteiger charge is 2.21. The highest BCUT2D eigenvalue weighted by Crippen LogP contribution is 2.26. The molecular weight excluding hydrogens is 314 g/mol. The van der Waals surface area contributed by atoms with Gasteiger partial charge in [0.1, 0.15) is 0 Å². The highest BCUT2D eigenvalue weighted by atomic mass is 32.2. The summed E-state index contributed by atoms with van der Waals surface area (Å²) < 4.78 is 1.95. The van der Waals surface area contributed by atoms with Gasteiger partial charge < -0.3 is 9.88 Å². The molecule has 0 saturated heterocycles. The van der Waals surface area contributed by atoms with E-state index in [0.717, 1.165) is 11.4 Å². The van der Waals surface area contributed by atoms with Crippen LogP contribution in [-0.4, -0.2) is 39.0 Å². The van der Waals surface area contributed by atoms with Gasteiger partial charge in [-0.05, 0) is 13.8 Å². The van der Waals surface area contributed by atoms with Crippen LogP contribution >= 0.6 is 11.8 Å². The van der Waals surface area contributed by atoms with E-state index >= 15 is 0 Å². The SMILES string of the molecule is CCn1c(S[C@@H](C)C(=O)NC(=O)NC)nnc1-c1ccccc1. The molecule has 0 saturated carbocycles. The van der Waals surface area contributed by atoms with E-state index in [2.05, 4.69) is 20.8 Å². The van der Waals surface area contributed by atoms with Gasteiger partial charge in [0.25, 0.3) is 0 Å². The van der Waals surface area contributed by atoms with Gasteiger partial charge in [-0.15, -0.1) is 10.2 Å². The average molecular weight is 333 g/mol. The molecule has 0 spiro atoms. The summed E-state index contributed by atoms with van der Waals surface area (Å²) in [7, 11) is 1.46. The van der Waals surface area contributed by atoms with Gasteiger partial charge >= 0.3 is 6.03 Å². The molecule has 0 fully saturated rings. The maximum Gasteiger partial charge on any atom is 0.321 e. The molecule has 0 aliphatic heterocycles. The summed E-state index contributed by atoms with van der Waals surface area (Å²) >= 11 is 1.27. The van der Waals surface area contributed by atoms with E-state index in [0.29, 0.717) is 11.7 Å². The number of urea groups is 1. The first-order chi connectivity index (χ1) is 11.1. The summed E-state index contributed by atoms with van der Waals surface area (Å²) in [5.41, 5.74) is 0.969. The number of aromatic nitrogens is 3. The Kier molecular flexibility index (Phi) is 5.75. The molecule has 1 aromatic carbocycles. The Labute approximate surface area is 138 Å². The Morgan fingerprint density at radius 3 is 2.57 bits per heavy atom. The quantitative estimate of drug-likeness (QED) is 0.816. The third-order valence-corrected chi connectivity index (χ3v) is 4.26. The first kappa shape index (κ1) is 17.0. The highest BCUT2D eigenvalue weighted by molar-refractivity contribution is 8.00. The Morgan fingerprint density at radius 1 is 1.26 bits per heavy atom. The minimum atomic E-state index is -0.524. The Morgan fingerprint density at radius 2 is 1.96 bits per heavy atom. The number of amides is 3. The van der Waals surface area contributed by atoms with Gasteiger partial charge in [-0.1, -0.05) is 42.1 Å². The minimum Gasteiger partial charge on any atom is -0.341 e. The van der Waals surface area contributed by atoms with Crippen molar-refractivity contribution in [3.8, 4) is 11.4 Å². The van der Waals surface area contributed by atoms with E-state index < -0.39 is 11.3 Å². The summed E-state index contributed by atoms with van der Waals surface area (Å²) in [5, 5.41) is 13.2. The monoisotopic (exact) mass is 333 g/mol. The fourth-order valence-electron chi connectivity index (χ4n) is 1.95. The third kappa shape index (κ3) is 4.10. The number of imide groups is 1. The van der Waals surface area contributed by atoms with E-state index in [1.807, 2.05) is 41.8 Å². The lowest BCUT2D eigenvalue weighted by molar-refractivity contribution is -0.119. The second kappa shape index (κ2) is 7.77. The molecule has 2 aromatic rings. The van der Waals surface area contributed by atoms with Gasteiger partial charge in [0, 0.05) is 19.2 Å². The zero-order chi connectivity index (χ0) is 16.8. The number of hydrogen-bond donors (Lipinski definition) is 2. The average Bonchev–Trinajstić information content (AvgIpc) is 2.97. The summed E-state index contributed by atoms with van der Waals surface area (Å²) in [6.45, 7) is 4.40.